The summed E-state index contributed by atoms with van der Waals surface area (Å²) in [6, 6.07) is 12.5. The lowest BCUT2D eigenvalue weighted by molar-refractivity contribution is 0.455. The van der Waals surface area contributed by atoms with E-state index in [2.05, 4.69) is 10.2 Å². The maximum Gasteiger partial charge on any atom is 0.238 e. The van der Waals surface area contributed by atoms with Crippen LogP contribution in [0.2, 0.25) is 0 Å². The average molecular weight is 240 g/mol. The van der Waals surface area contributed by atoms with Crippen molar-refractivity contribution in [2.24, 2.45) is 0 Å². The highest BCUT2D eigenvalue weighted by Crippen LogP contribution is 2.20. The van der Waals surface area contributed by atoms with Gasteiger partial charge in [-0.3, -0.25) is 0 Å². The molecule has 0 spiro atoms. The fraction of sp³-hybridized carbons (Fsp3) is 0.154. The van der Waals surface area contributed by atoms with Crippen LogP contribution in [-0.4, -0.2) is 24.3 Å². The van der Waals surface area contributed by atoms with Crippen LogP contribution in [0.5, 0.6) is 11.6 Å². The van der Waals surface area contributed by atoms with Gasteiger partial charge in [-0.2, -0.15) is 5.26 Å². The molecule has 18 heavy (non-hydrogen) atoms. The number of benzene rings is 1. The summed E-state index contributed by atoms with van der Waals surface area (Å²) < 4.78 is 5.51. The number of aromatic nitrogens is 2. The summed E-state index contributed by atoms with van der Waals surface area (Å²) >= 11 is 0. The predicted molar refractivity (Wildman–Crippen MR) is 67.6 cm³/mol. The summed E-state index contributed by atoms with van der Waals surface area (Å²) in [6.45, 7) is 0. The monoisotopic (exact) mass is 240 g/mol. The van der Waals surface area contributed by atoms with E-state index < -0.39 is 0 Å². The summed E-state index contributed by atoms with van der Waals surface area (Å²) in [5.41, 5.74) is 0.594. The van der Waals surface area contributed by atoms with Crippen molar-refractivity contribution >= 4 is 5.82 Å². The molecule has 0 aliphatic rings. The highest BCUT2D eigenvalue weighted by atomic mass is 16.5. The zero-order chi connectivity index (χ0) is 13.0. The number of nitriles is 1. The first kappa shape index (κ1) is 11.9. The number of hydrogen-bond donors (Lipinski definition) is 0. The van der Waals surface area contributed by atoms with Gasteiger partial charge in [0.15, 0.2) is 5.82 Å². The van der Waals surface area contributed by atoms with E-state index in [0.717, 1.165) is 5.82 Å². The van der Waals surface area contributed by atoms with E-state index >= 15 is 0 Å². The number of nitrogens with zero attached hydrogens (tertiary/aromatic N) is 4. The van der Waals surface area contributed by atoms with Crippen LogP contribution in [0.15, 0.2) is 36.4 Å². The molecule has 1 aromatic carbocycles. The lowest BCUT2D eigenvalue weighted by Crippen LogP contribution is -2.11. The topological polar surface area (TPSA) is 62.0 Å². The second-order valence-corrected chi connectivity index (χ2v) is 3.86. The molecule has 0 amide bonds. The maximum atomic E-state index is 8.68. The number of anilines is 1. The average Bonchev–Trinajstić information content (AvgIpc) is 2.40. The van der Waals surface area contributed by atoms with Gasteiger partial charge in [0.25, 0.3) is 0 Å². The molecule has 0 saturated heterocycles. The van der Waals surface area contributed by atoms with Crippen molar-refractivity contribution in [1.82, 2.24) is 10.2 Å². The molecule has 2 aromatic rings. The Morgan fingerprint density at radius 3 is 2.28 bits per heavy atom. The van der Waals surface area contributed by atoms with Crippen molar-refractivity contribution < 1.29 is 4.74 Å². The Balaban J connectivity index is 2.11. The fourth-order valence-corrected chi connectivity index (χ4v) is 1.32. The Morgan fingerprint density at radius 1 is 1.06 bits per heavy atom. The van der Waals surface area contributed by atoms with E-state index in [1.54, 1.807) is 30.3 Å². The third kappa shape index (κ3) is 2.74. The van der Waals surface area contributed by atoms with Crippen molar-refractivity contribution in [2.45, 2.75) is 0 Å². The first-order valence-corrected chi connectivity index (χ1v) is 5.38. The summed E-state index contributed by atoms with van der Waals surface area (Å²) in [4.78, 5) is 1.86. The Morgan fingerprint density at radius 2 is 1.78 bits per heavy atom. The van der Waals surface area contributed by atoms with E-state index in [9.17, 15) is 0 Å². The van der Waals surface area contributed by atoms with Gasteiger partial charge in [0.2, 0.25) is 5.88 Å². The zero-order valence-electron chi connectivity index (χ0n) is 10.2. The Bertz CT molecular complexity index is 555. The molecule has 0 atom stereocenters. The molecule has 1 heterocycles. The molecule has 0 bridgehead atoms. The minimum absolute atomic E-state index is 0.422. The lowest BCUT2D eigenvalue weighted by atomic mass is 10.2. The number of rotatable bonds is 3. The Kier molecular flexibility index (Phi) is 3.39. The fourth-order valence-electron chi connectivity index (χ4n) is 1.32. The zero-order valence-corrected chi connectivity index (χ0v) is 10.2. The Hall–Kier alpha value is -2.61. The molecule has 5 heteroatoms. The van der Waals surface area contributed by atoms with Crippen LogP contribution in [0, 0.1) is 11.3 Å². The molecular formula is C13H12N4O. The van der Waals surface area contributed by atoms with Crippen LogP contribution in [-0.2, 0) is 0 Å². The standard InChI is InChI=1S/C13H12N4O/c1-17(2)12-7-8-13(16-15-12)18-11-5-3-10(9-14)4-6-11/h3-8H,1-2H3. The molecular weight excluding hydrogens is 228 g/mol. The van der Waals surface area contributed by atoms with Crippen molar-refractivity contribution in [3.05, 3.63) is 42.0 Å². The molecule has 1 aromatic heterocycles. The van der Waals surface area contributed by atoms with Crippen LogP contribution in [0.4, 0.5) is 5.82 Å². The quantitative estimate of drug-likeness (QED) is 0.823. The maximum absolute atomic E-state index is 8.68. The molecule has 0 N–H and O–H groups in total. The first-order valence-electron chi connectivity index (χ1n) is 5.38. The van der Waals surface area contributed by atoms with E-state index in [4.69, 9.17) is 10.00 Å². The van der Waals surface area contributed by atoms with Crippen LogP contribution < -0.4 is 9.64 Å². The van der Waals surface area contributed by atoms with Crippen LogP contribution in [0.3, 0.4) is 0 Å². The second kappa shape index (κ2) is 5.15. The molecule has 2 rings (SSSR count). The van der Waals surface area contributed by atoms with E-state index in [0.29, 0.717) is 17.2 Å². The highest BCUT2D eigenvalue weighted by molar-refractivity contribution is 5.38. The highest BCUT2D eigenvalue weighted by Gasteiger charge is 2.02. The normalized spacial score (nSPS) is 9.61. The Labute approximate surface area is 105 Å². The SMILES string of the molecule is CN(C)c1ccc(Oc2ccc(C#N)cc2)nn1. The number of ether oxygens (including phenoxy) is 1. The van der Waals surface area contributed by atoms with Crippen molar-refractivity contribution in [2.75, 3.05) is 19.0 Å². The molecule has 0 aliphatic heterocycles. The molecule has 0 radical (unpaired) electrons. The van der Waals surface area contributed by atoms with E-state index in [1.165, 1.54) is 0 Å². The molecule has 90 valence electrons. The summed E-state index contributed by atoms with van der Waals surface area (Å²) in [6.07, 6.45) is 0. The van der Waals surface area contributed by atoms with E-state index in [1.807, 2.05) is 31.1 Å². The molecule has 5 nitrogen and oxygen atoms in total. The minimum atomic E-state index is 0.422. The van der Waals surface area contributed by atoms with Gasteiger partial charge in [0, 0.05) is 20.2 Å². The molecule has 0 aliphatic carbocycles. The van der Waals surface area contributed by atoms with Crippen LogP contribution in [0.25, 0.3) is 0 Å². The van der Waals surface area contributed by atoms with Crippen LogP contribution in [0.1, 0.15) is 5.56 Å². The van der Waals surface area contributed by atoms with Gasteiger partial charge in [-0.25, -0.2) is 0 Å². The van der Waals surface area contributed by atoms with Crippen molar-refractivity contribution in [3.8, 4) is 17.7 Å². The van der Waals surface area contributed by atoms with Gasteiger partial charge in [-0.1, -0.05) is 0 Å². The molecule has 0 saturated carbocycles. The van der Waals surface area contributed by atoms with Crippen molar-refractivity contribution in [1.29, 1.82) is 5.26 Å². The van der Waals surface area contributed by atoms with Gasteiger partial charge in [-0.05, 0) is 30.3 Å². The third-order valence-corrected chi connectivity index (χ3v) is 2.29. The molecule has 0 unspecified atom stereocenters. The second-order valence-electron chi connectivity index (χ2n) is 3.86. The van der Waals surface area contributed by atoms with Crippen LogP contribution >= 0.6 is 0 Å². The summed E-state index contributed by atoms with van der Waals surface area (Å²) in [5, 5.41) is 16.6. The first-order chi connectivity index (χ1) is 8.69. The van der Waals surface area contributed by atoms with Gasteiger partial charge in [-0.15, -0.1) is 10.2 Å². The molecule has 0 fully saturated rings. The largest absolute Gasteiger partial charge is 0.438 e. The van der Waals surface area contributed by atoms with Gasteiger partial charge in [0.1, 0.15) is 5.75 Å². The minimum Gasteiger partial charge on any atom is -0.438 e. The predicted octanol–water partition coefficient (Wildman–Crippen LogP) is 2.21. The van der Waals surface area contributed by atoms with E-state index in [-0.39, 0.29) is 0 Å². The lowest BCUT2D eigenvalue weighted by Gasteiger charge is -2.10. The van der Waals surface area contributed by atoms with Crippen molar-refractivity contribution in [3.63, 3.8) is 0 Å². The number of hydrogen-bond acceptors (Lipinski definition) is 5. The van der Waals surface area contributed by atoms with Gasteiger partial charge in [0.05, 0.1) is 11.6 Å². The summed E-state index contributed by atoms with van der Waals surface area (Å²) in [5.74, 6) is 1.81. The van der Waals surface area contributed by atoms with Gasteiger partial charge >= 0.3 is 0 Å². The smallest absolute Gasteiger partial charge is 0.238 e. The van der Waals surface area contributed by atoms with Gasteiger partial charge < -0.3 is 9.64 Å². The third-order valence-electron chi connectivity index (χ3n) is 2.29. The summed E-state index contributed by atoms with van der Waals surface area (Å²) in [7, 11) is 3.79.